The highest BCUT2D eigenvalue weighted by atomic mass is 19.4. The van der Waals surface area contributed by atoms with E-state index < -0.39 is 12.7 Å². The Balaban J connectivity index is 2.27. The predicted molar refractivity (Wildman–Crippen MR) is 53.9 cm³/mol. The van der Waals surface area contributed by atoms with Gasteiger partial charge in [-0.15, -0.1) is 0 Å². The third-order valence-electron chi connectivity index (χ3n) is 2.63. The number of alkyl halides is 3. The van der Waals surface area contributed by atoms with Gasteiger partial charge in [0.25, 0.3) is 0 Å². The summed E-state index contributed by atoms with van der Waals surface area (Å²) in [5.74, 6) is -0.255. The van der Waals surface area contributed by atoms with Gasteiger partial charge in [-0.25, -0.2) is 0 Å². The van der Waals surface area contributed by atoms with E-state index in [0.29, 0.717) is 13.1 Å². The lowest BCUT2D eigenvalue weighted by Crippen LogP contribution is -2.40. The summed E-state index contributed by atoms with van der Waals surface area (Å²) in [4.78, 5) is 13.1. The number of hydrogen-bond donors (Lipinski definition) is 1. The molecule has 0 aliphatic carbocycles. The normalized spacial score (nSPS) is 20.2. The smallest absolute Gasteiger partial charge is 0.341 e. The Bertz CT molecular complexity index is 263. The van der Waals surface area contributed by atoms with Crippen LogP contribution in [0.3, 0.4) is 0 Å². The molecule has 1 aliphatic heterocycles. The molecule has 0 atom stereocenters. The van der Waals surface area contributed by atoms with Gasteiger partial charge in [0.15, 0.2) is 0 Å². The van der Waals surface area contributed by atoms with E-state index in [9.17, 15) is 18.0 Å². The lowest BCUT2D eigenvalue weighted by atomic mass is 9.93. The molecule has 94 valence electrons. The van der Waals surface area contributed by atoms with Gasteiger partial charge in [-0.1, -0.05) is 13.8 Å². The van der Waals surface area contributed by atoms with Crippen molar-refractivity contribution in [2.45, 2.75) is 26.4 Å². The molecule has 1 fully saturated rings. The number of nitrogens with zero attached hydrogens (tertiary/aromatic N) is 1. The Morgan fingerprint density at radius 3 is 2.50 bits per heavy atom. The second-order valence-electron chi connectivity index (χ2n) is 4.95. The first-order chi connectivity index (χ1) is 7.20. The fraction of sp³-hybridized carbons (Fsp3) is 0.900. The van der Waals surface area contributed by atoms with Gasteiger partial charge in [0.1, 0.15) is 0 Å². The average Bonchev–Trinajstić information content (AvgIpc) is 2.43. The Morgan fingerprint density at radius 2 is 2.06 bits per heavy atom. The van der Waals surface area contributed by atoms with Crippen molar-refractivity contribution in [2.75, 3.05) is 26.2 Å². The Hall–Kier alpha value is -0.780. The van der Waals surface area contributed by atoms with Gasteiger partial charge in [-0.3, -0.25) is 4.79 Å². The highest BCUT2D eigenvalue weighted by Gasteiger charge is 2.32. The first-order valence-corrected chi connectivity index (χ1v) is 5.25. The van der Waals surface area contributed by atoms with Crippen LogP contribution in [0.25, 0.3) is 0 Å². The first-order valence-electron chi connectivity index (χ1n) is 5.25. The number of hydrogen-bond acceptors (Lipinski definition) is 2. The van der Waals surface area contributed by atoms with Gasteiger partial charge in [-0.2, -0.15) is 13.2 Å². The second-order valence-corrected chi connectivity index (χ2v) is 4.95. The van der Waals surface area contributed by atoms with Crippen LogP contribution in [0.15, 0.2) is 0 Å². The molecule has 0 unspecified atom stereocenters. The van der Waals surface area contributed by atoms with Gasteiger partial charge >= 0.3 is 6.18 Å². The molecule has 6 heteroatoms. The number of amides is 1. The quantitative estimate of drug-likeness (QED) is 0.806. The van der Waals surface area contributed by atoms with Crippen LogP contribution >= 0.6 is 0 Å². The van der Waals surface area contributed by atoms with Crippen LogP contribution in [0.2, 0.25) is 0 Å². The number of halogens is 3. The summed E-state index contributed by atoms with van der Waals surface area (Å²) >= 11 is 0. The molecule has 0 aromatic carbocycles. The van der Waals surface area contributed by atoms with Crippen molar-refractivity contribution < 1.29 is 18.0 Å². The fourth-order valence-corrected chi connectivity index (χ4v) is 1.75. The molecular weight excluding hydrogens is 221 g/mol. The zero-order valence-electron chi connectivity index (χ0n) is 9.52. The molecule has 1 rings (SSSR count). The lowest BCUT2D eigenvalue weighted by molar-refractivity contribution is -0.133. The van der Waals surface area contributed by atoms with Crippen LogP contribution < -0.4 is 5.32 Å². The molecule has 0 bridgehead atoms. The van der Waals surface area contributed by atoms with Gasteiger partial charge in [0, 0.05) is 13.1 Å². The molecule has 1 heterocycles. The maximum Gasteiger partial charge on any atom is 0.401 e. The summed E-state index contributed by atoms with van der Waals surface area (Å²) in [5.41, 5.74) is 0.0830. The van der Waals surface area contributed by atoms with Gasteiger partial charge in [0.05, 0.1) is 13.1 Å². The maximum atomic E-state index is 11.8. The summed E-state index contributed by atoms with van der Waals surface area (Å²) in [7, 11) is 0. The lowest BCUT2D eigenvalue weighted by Gasteiger charge is -2.20. The topological polar surface area (TPSA) is 32.3 Å². The van der Waals surface area contributed by atoms with Crippen molar-refractivity contribution in [1.82, 2.24) is 10.2 Å². The summed E-state index contributed by atoms with van der Waals surface area (Å²) in [6.07, 6.45) is -3.36. The van der Waals surface area contributed by atoms with E-state index in [1.54, 1.807) is 4.90 Å². The third kappa shape index (κ3) is 4.38. The SMILES string of the molecule is CC1(C)CCN(C(=O)CNCC(F)(F)F)C1. The van der Waals surface area contributed by atoms with E-state index in [-0.39, 0.29) is 17.9 Å². The number of nitrogens with one attached hydrogen (secondary N) is 1. The molecule has 0 saturated carbocycles. The van der Waals surface area contributed by atoms with E-state index in [1.165, 1.54) is 0 Å². The molecule has 1 saturated heterocycles. The van der Waals surface area contributed by atoms with E-state index in [1.807, 2.05) is 13.8 Å². The van der Waals surface area contributed by atoms with Crippen molar-refractivity contribution in [3.05, 3.63) is 0 Å². The fourth-order valence-electron chi connectivity index (χ4n) is 1.75. The van der Waals surface area contributed by atoms with Crippen molar-refractivity contribution in [1.29, 1.82) is 0 Å². The molecular formula is C10H17F3N2O. The monoisotopic (exact) mass is 238 g/mol. The summed E-state index contributed by atoms with van der Waals surface area (Å²) in [5, 5.41) is 2.11. The van der Waals surface area contributed by atoms with Crippen molar-refractivity contribution >= 4 is 5.91 Å². The molecule has 3 nitrogen and oxygen atoms in total. The predicted octanol–water partition coefficient (Wildman–Crippen LogP) is 1.40. The van der Waals surface area contributed by atoms with Crippen LogP contribution in [0.5, 0.6) is 0 Å². The number of likely N-dealkylation sites (tertiary alicyclic amines) is 1. The van der Waals surface area contributed by atoms with Crippen LogP contribution in [0.4, 0.5) is 13.2 Å². The van der Waals surface area contributed by atoms with Crippen LogP contribution in [-0.4, -0.2) is 43.2 Å². The molecule has 1 amide bonds. The Kier molecular flexibility index (Phi) is 3.83. The van der Waals surface area contributed by atoms with Crippen LogP contribution in [-0.2, 0) is 4.79 Å². The number of carbonyl (C=O) groups excluding carboxylic acids is 1. The highest BCUT2D eigenvalue weighted by molar-refractivity contribution is 5.78. The molecule has 16 heavy (non-hydrogen) atoms. The number of rotatable bonds is 3. The molecule has 1 aliphatic rings. The minimum Gasteiger partial charge on any atom is -0.341 e. The van der Waals surface area contributed by atoms with E-state index >= 15 is 0 Å². The average molecular weight is 238 g/mol. The standard InChI is InChI=1S/C10H17F3N2O/c1-9(2)3-4-15(7-9)8(16)5-14-6-10(11,12)13/h14H,3-7H2,1-2H3. The van der Waals surface area contributed by atoms with E-state index in [4.69, 9.17) is 0 Å². The third-order valence-corrected chi connectivity index (χ3v) is 2.63. The number of carbonyl (C=O) groups is 1. The van der Waals surface area contributed by atoms with E-state index in [2.05, 4.69) is 5.32 Å². The van der Waals surface area contributed by atoms with Crippen LogP contribution in [0.1, 0.15) is 20.3 Å². The Labute approximate surface area is 93.0 Å². The van der Waals surface area contributed by atoms with Gasteiger partial charge in [-0.05, 0) is 11.8 Å². The van der Waals surface area contributed by atoms with Crippen molar-refractivity contribution in [3.8, 4) is 0 Å². The van der Waals surface area contributed by atoms with E-state index in [0.717, 1.165) is 6.42 Å². The summed E-state index contributed by atoms with van der Waals surface area (Å²) in [6.45, 7) is 4.00. The molecule has 0 radical (unpaired) electrons. The minimum absolute atomic E-state index is 0.0830. The summed E-state index contributed by atoms with van der Waals surface area (Å²) < 4.78 is 35.5. The Morgan fingerprint density at radius 1 is 1.44 bits per heavy atom. The van der Waals surface area contributed by atoms with Crippen LogP contribution in [0, 0.1) is 5.41 Å². The minimum atomic E-state index is -4.26. The summed E-state index contributed by atoms with van der Waals surface area (Å²) in [6, 6.07) is 0. The molecule has 0 spiro atoms. The van der Waals surface area contributed by atoms with Gasteiger partial charge < -0.3 is 10.2 Å². The molecule has 0 aromatic heterocycles. The largest absolute Gasteiger partial charge is 0.401 e. The van der Waals surface area contributed by atoms with Crippen molar-refractivity contribution in [2.24, 2.45) is 5.41 Å². The molecule has 1 N–H and O–H groups in total. The second kappa shape index (κ2) is 4.61. The molecule has 0 aromatic rings. The maximum absolute atomic E-state index is 11.8. The first kappa shape index (κ1) is 13.3. The van der Waals surface area contributed by atoms with Gasteiger partial charge in [0.2, 0.25) is 5.91 Å². The van der Waals surface area contributed by atoms with Crippen molar-refractivity contribution in [3.63, 3.8) is 0 Å². The zero-order chi connectivity index (χ0) is 12.4. The highest BCUT2D eigenvalue weighted by Crippen LogP contribution is 2.28. The zero-order valence-corrected chi connectivity index (χ0v) is 9.52.